The van der Waals surface area contributed by atoms with Gasteiger partial charge in [0.05, 0.1) is 17.8 Å². The van der Waals surface area contributed by atoms with Gasteiger partial charge in [-0.05, 0) is 77.4 Å². The summed E-state index contributed by atoms with van der Waals surface area (Å²) < 4.78 is 17.0. The van der Waals surface area contributed by atoms with Crippen molar-refractivity contribution in [3.05, 3.63) is 59.1 Å². The van der Waals surface area contributed by atoms with Gasteiger partial charge in [-0.3, -0.25) is 9.59 Å². The summed E-state index contributed by atoms with van der Waals surface area (Å²) in [5.41, 5.74) is 0.446. The molecule has 1 N–H and O–H groups in total. The van der Waals surface area contributed by atoms with Crippen LogP contribution in [0.25, 0.3) is 5.76 Å². The van der Waals surface area contributed by atoms with Crippen molar-refractivity contribution in [2.45, 2.75) is 59.3 Å². The minimum Gasteiger partial charge on any atom is -0.507 e. The number of nitrogens with zero attached hydrogens (tertiary/aromatic N) is 1. The summed E-state index contributed by atoms with van der Waals surface area (Å²) in [5, 5.41) is 11.1. The number of carbonyl (C=O) groups excluding carboxylic acids is 2. The summed E-state index contributed by atoms with van der Waals surface area (Å²) in [4.78, 5) is 27.3. The lowest BCUT2D eigenvalue weighted by molar-refractivity contribution is -0.140. The molecule has 1 unspecified atom stereocenters. The van der Waals surface area contributed by atoms with Crippen LogP contribution >= 0.6 is 0 Å². The van der Waals surface area contributed by atoms with Gasteiger partial charge in [-0.1, -0.05) is 0 Å². The first-order valence-electron chi connectivity index (χ1n) is 10.9. The SMILES string of the molecule is Cc1ccc(C2/C(=C(/O)c3ccc(OC(C)C)cc3)C(=O)C(=O)N2CCCOC(C)C)o1. The highest BCUT2D eigenvalue weighted by atomic mass is 16.5. The van der Waals surface area contributed by atoms with Crippen LogP contribution in [0.1, 0.15) is 57.2 Å². The second-order valence-corrected chi connectivity index (χ2v) is 8.40. The Morgan fingerprint density at radius 1 is 1.06 bits per heavy atom. The van der Waals surface area contributed by atoms with Crippen molar-refractivity contribution in [1.29, 1.82) is 0 Å². The summed E-state index contributed by atoms with van der Waals surface area (Å²) in [6.45, 7) is 10.3. The fourth-order valence-corrected chi connectivity index (χ4v) is 3.68. The van der Waals surface area contributed by atoms with Crippen LogP contribution in [-0.2, 0) is 14.3 Å². The van der Waals surface area contributed by atoms with Gasteiger partial charge in [-0.15, -0.1) is 0 Å². The van der Waals surface area contributed by atoms with Crippen molar-refractivity contribution >= 4 is 17.4 Å². The van der Waals surface area contributed by atoms with Crippen LogP contribution in [0.3, 0.4) is 0 Å². The van der Waals surface area contributed by atoms with E-state index >= 15 is 0 Å². The maximum Gasteiger partial charge on any atom is 0.295 e. The summed E-state index contributed by atoms with van der Waals surface area (Å²) in [7, 11) is 0. The normalized spacial score (nSPS) is 18.2. The molecule has 1 fully saturated rings. The van der Waals surface area contributed by atoms with E-state index in [4.69, 9.17) is 13.9 Å². The molecule has 32 heavy (non-hydrogen) atoms. The van der Waals surface area contributed by atoms with Crippen LogP contribution in [0.2, 0.25) is 0 Å². The second kappa shape index (κ2) is 10.0. The number of furan rings is 1. The van der Waals surface area contributed by atoms with Crippen molar-refractivity contribution in [2.24, 2.45) is 0 Å². The van der Waals surface area contributed by atoms with Crippen molar-refractivity contribution in [3.63, 3.8) is 0 Å². The molecule has 2 aromatic rings. The van der Waals surface area contributed by atoms with Gasteiger partial charge >= 0.3 is 0 Å². The third-order valence-electron chi connectivity index (χ3n) is 5.06. The van der Waals surface area contributed by atoms with Crippen molar-refractivity contribution in [1.82, 2.24) is 4.90 Å². The smallest absolute Gasteiger partial charge is 0.295 e. The van der Waals surface area contributed by atoms with E-state index in [0.717, 1.165) is 0 Å². The summed E-state index contributed by atoms with van der Waals surface area (Å²) in [5.74, 6) is 0.125. The zero-order valence-electron chi connectivity index (χ0n) is 19.3. The molecule has 0 spiro atoms. The van der Waals surface area contributed by atoms with E-state index in [9.17, 15) is 14.7 Å². The lowest BCUT2D eigenvalue weighted by atomic mass is 9.99. The van der Waals surface area contributed by atoms with Gasteiger partial charge in [0.15, 0.2) is 0 Å². The average molecular weight is 442 g/mol. The largest absolute Gasteiger partial charge is 0.507 e. The molecule has 1 amide bonds. The Kier molecular flexibility index (Phi) is 7.40. The number of rotatable bonds is 9. The van der Waals surface area contributed by atoms with Gasteiger partial charge in [0.25, 0.3) is 11.7 Å². The first-order chi connectivity index (χ1) is 15.2. The molecule has 0 bridgehead atoms. The molecule has 1 atom stereocenters. The Hall–Kier alpha value is -3.06. The number of amides is 1. The Morgan fingerprint density at radius 3 is 2.31 bits per heavy atom. The van der Waals surface area contributed by atoms with Gasteiger partial charge in [0.1, 0.15) is 29.1 Å². The zero-order valence-corrected chi connectivity index (χ0v) is 19.3. The summed E-state index contributed by atoms with van der Waals surface area (Å²) in [6, 6.07) is 9.49. The van der Waals surface area contributed by atoms with E-state index in [0.29, 0.717) is 42.4 Å². The number of carbonyl (C=O) groups is 2. The van der Waals surface area contributed by atoms with Gasteiger partial charge in [0.2, 0.25) is 0 Å². The Balaban J connectivity index is 1.96. The molecule has 1 aliphatic heterocycles. The van der Waals surface area contributed by atoms with E-state index in [-0.39, 0.29) is 23.5 Å². The molecule has 0 aliphatic carbocycles. The molecule has 1 saturated heterocycles. The predicted octanol–water partition coefficient (Wildman–Crippen LogP) is 4.61. The maximum atomic E-state index is 13.0. The fraction of sp³-hybridized carbons (Fsp3) is 0.440. The third kappa shape index (κ3) is 5.22. The minimum absolute atomic E-state index is 0.0154. The van der Waals surface area contributed by atoms with Crippen LogP contribution in [0.4, 0.5) is 0 Å². The monoisotopic (exact) mass is 441 g/mol. The Morgan fingerprint density at radius 2 is 1.75 bits per heavy atom. The fourth-order valence-electron chi connectivity index (χ4n) is 3.68. The molecule has 3 rings (SSSR count). The highest BCUT2D eigenvalue weighted by Gasteiger charge is 2.47. The summed E-state index contributed by atoms with van der Waals surface area (Å²) >= 11 is 0. The standard InChI is InChI=1S/C25H31NO6/c1-15(2)30-14-6-13-26-22(20-12-7-17(5)32-20)21(24(28)25(26)29)23(27)18-8-10-19(11-9-18)31-16(3)4/h7-12,15-16,22,27H,6,13-14H2,1-5H3/b23-21-. The van der Waals surface area contributed by atoms with Crippen LogP contribution in [0.15, 0.2) is 46.4 Å². The van der Waals surface area contributed by atoms with Crippen molar-refractivity contribution in [3.8, 4) is 5.75 Å². The molecule has 1 aromatic carbocycles. The molecule has 7 heteroatoms. The molecule has 172 valence electrons. The number of aliphatic hydroxyl groups is 1. The van der Waals surface area contributed by atoms with Crippen molar-refractivity contribution in [2.75, 3.05) is 13.2 Å². The van der Waals surface area contributed by atoms with Crippen LogP contribution in [-0.4, -0.2) is 47.1 Å². The summed E-state index contributed by atoms with van der Waals surface area (Å²) in [6.07, 6.45) is 0.654. The van der Waals surface area contributed by atoms with E-state index in [1.54, 1.807) is 43.3 Å². The highest BCUT2D eigenvalue weighted by molar-refractivity contribution is 6.46. The molecular weight excluding hydrogens is 410 g/mol. The van der Waals surface area contributed by atoms with Gasteiger partial charge in [0, 0.05) is 18.7 Å². The highest BCUT2D eigenvalue weighted by Crippen LogP contribution is 2.40. The van der Waals surface area contributed by atoms with E-state index in [1.165, 1.54) is 4.90 Å². The van der Waals surface area contributed by atoms with Gasteiger partial charge in [-0.2, -0.15) is 0 Å². The molecule has 1 aromatic heterocycles. The molecule has 2 heterocycles. The van der Waals surface area contributed by atoms with E-state index in [1.807, 2.05) is 27.7 Å². The molecule has 0 saturated carbocycles. The number of aliphatic hydroxyl groups excluding tert-OH is 1. The van der Waals surface area contributed by atoms with Crippen LogP contribution in [0, 0.1) is 6.92 Å². The first-order valence-corrected chi connectivity index (χ1v) is 10.9. The number of ketones is 1. The second-order valence-electron chi connectivity index (χ2n) is 8.40. The Labute approximate surface area is 188 Å². The number of benzene rings is 1. The number of hydrogen-bond donors (Lipinski definition) is 1. The van der Waals surface area contributed by atoms with E-state index in [2.05, 4.69) is 0 Å². The van der Waals surface area contributed by atoms with Gasteiger partial charge < -0.3 is 23.9 Å². The van der Waals surface area contributed by atoms with Crippen molar-refractivity contribution < 1.29 is 28.6 Å². The number of hydrogen-bond acceptors (Lipinski definition) is 6. The number of Topliss-reactive ketones (excluding diaryl/α,β-unsaturated/α-hetero) is 1. The first kappa shape index (κ1) is 23.6. The van der Waals surface area contributed by atoms with Crippen LogP contribution in [0.5, 0.6) is 5.75 Å². The Bertz CT molecular complexity index is 986. The predicted molar refractivity (Wildman–Crippen MR) is 120 cm³/mol. The molecule has 1 aliphatic rings. The zero-order chi connectivity index (χ0) is 23.4. The molecular formula is C25H31NO6. The minimum atomic E-state index is -0.797. The molecule has 0 radical (unpaired) electrons. The van der Waals surface area contributed by atoms with E-state index < -0.39 is 17.7 Å². The van der Waals surface area contributed by atoms with Crippen LogP contribution < -0.4 is 4.74 Å². The lowest BCUT2D eigenvalue weighted by Crippen LogP contribution is -2.31. The third-order valence-corrected chi connectivity index (χ3v) is 5.06. The van der Waals surface area contributed by atoms with Gasteiger partial charge in [-0.25, -0.2) is 0 Å². The molecule has 7 nitrogen and oxygen atoms in total. The average Bonchev–Trinajstić information content (AvgIpc) is 3.26. The number of aryl methyl sites for hydroxylation is 1. The number of ether oxygens (including phenoxy) is 2. The quantitative estimate of drug-likeness (QED) is 0.265. The topological polar surface area (TPSA) is 89.2 Å². The maximum absolute atomic E-state index is 13.0. The lowest BCUT2D eigenvalue weighted by Gasteiger charge is -2.23. The number of likely N-dealkylation sites (tertiary alicyclic amines) is 1.